The molecule has 2 aliphatic rings. The van der Waals surface area contributed by atoms with E-state index in [1.807, 2.05) is 35.9 Å². The third-order valence-electron chi connectivity index (χ3n) is 4.91. The fourth-order valence-electron chi connectivity index (χ4n) is 3.22. The van der Waals surface area contributed by atoms with E-state index in [0.717, 1.165) is 55.8 Å². The summed E-state index contributed by atoms with van der Waals surface area (Å²) in [6.07, 6.45) is 4.19. The lowest BCUT2D eigenvalue weighted by Gasteiger charge is -2.32. The molecule has 1 amide bonds. The van der Waals surface area contributed by atoms with Crippen molar-refractivity contribution in [3.8, 4) is 11.4 Å². The molecule has 2 aromatic rings. The predicted molar refractivity (Wildman–Crippen MR) is 97.6 cm³/mol. The molecular formula is C17H23ClN6O. The van der Waals surface area contributed by atoms with Gasteiger partial charge in [-0.1, -0.05) is 12.1 Å². The Bertz CT molecular complexity index is 751. The van der Waals surface area contributed by atoms with Crippen LogP contribution in [0.5, 0.6) is 0 Å². The number of tetrazole rings is 1. The average molecular weight is 363 g/mol. The molecule has 1 aromatic carbocycles. The van der Waals surface area contributed by atoms with E-state index in [2.05, 4.69) is 26.2 Å². The zero-order valence-corrected chi connectivity index (χ0v) is 15.1. The molecule has 1 aromatic heterocycles. The Hall–Kier alpha value is -1.99. The van der Waals surface area contributed by atoms with E-state index >= 15 is 0 Å². The summed E-state index contributed by atoms with van der Waals surface area (Å²) in [6, 6.07) is 8.18. The molecule has 134 valence electrons. The second kappa shape index (κ2) is 7.09. The molecule has 1 unspecified atom stereocenters. The summed E-state index contributed by atoms with van der Waals surface area (Å²) in [4.78, 5) is 12.7. The lowest BCUT2D eigenvalue weighted by atomic mass is 9.82. The Morgan fingerprint density at radius 3 is 2.96 bits per heavy atom. The first-order valence-electron chi connectivity index (χ1n) is 8.56. The quantitative estimate of drug-likeness (QED) is 0.872. The molecule has 1 aliphatic heterocycles. The fourth-order valence-corrected chi connectivity index (χ4v) is 3.22. The average Bonchev–Trinajstić information content (AvgIpc) is 3.32. The second-order valence-corrected chi connectivity index (χ2v) is 7.05. The number of anilines is 1. The zero-order valence-electron chi connectivity index (χ0n) is 14.2. The number of nitrogens with zero attached hydrogens (tertiary/aromatic N) is 4. The third-order valence-corrected chi connectivity index (χ3v) is 4.91. The van der Waals surface area contributed by atoms with Crippen LogP contribution in [0.25, 0.3) is 11.4 Å². The molecule has 1 atom stereocenters. The van der Waals surface area contributed by atoms with Crippen LogP contribution in [-0.2, 0) is 4.79 Å². The number of piperidine rings is 1. The number of hydrogen-bond donors (Lipinski definition) is 2. The smallest absolute Gasteiger partial charge is 0.231 e. The third kappa shape index (κ3) is 3.67. The number of halogens is 1. The maximum Gasteiger partial charge on any atom is 0.231 e. The Balaban J connectivity index is 0.00000182. The first-order chi connectivity index (χ1) is 11.7. The number of carbonyl (C=O) groups is 1. The number of benzene rings is 1. The molecule has 1 saturated carbocycles. The van der Waals surface area contributed by atoms with Crippen molar-refractivity contribution in [3.05, 3.63) is 24.3 Å². The Labute approximate surface area is 153 Å². The van der Waals surface area contributed by atoms with E-state index in [1.165, 1.54) is 0 Å². The molecule has 2 heterocycles. The van der Waals surface area contributed by atoms with E-state index in [1.54, 1.807) is 0 Å². The van der Waals surface area contributed by atoms with Gasteiger partial charge in [0, 0.05) is 17.8 Å². The molecule has 1 saturated heterocycles. The van der Waals surface area contributed by atoms with Gasteiger partial charge in [0.25, 0.3) is 0 Å². The minimum absolute atomic E-state index is 0. The first kappa shape index (κ1) is 17.8. The molecule has 4 rings (SSSR count). The van der Waals surface area contributed by atoms with Gasteiger partial charge in [0.15, 0.2) is 5.82 Å². The van der Waals surface area contributed by atoms with E-state index in [4.69, 9.17) is 0 Å². The first-order valence-corrected chi connectivity index (χ1v) is 8.56. The van der Waals surface area contributed by atoms with Crippen LogP contribution >= 0.6 is 12.4 Å². The molecule has 0 radical (unpaired) electrons. The topological polar surface area (TPSA) is 84.7 Å². The SMILES string of the molecule is CC1(C(=O)Nc2cccc(-c3nnnn3C3CC3)c2)CCCNC1.Cl. The second-order valence-electron chi connectivity index (χ2n) is 7.05. The molecule has 0 spiro atoms. The van der Waals surface area contributed by atoms with Gasteiger partial charge in [0.05, 0.1) is 11.5 Å². The van der Waals surface area contributed by atoms with Crippen molar-refractivity contribution < 1.29 is 4.79 Å². The van der Waals surface area contributed by atoms with Gasteiger partial charge >= 0.3 is 0 Å². The van der Waals surface area contributed by atoms with Crippen LogP contribution in [0.2, 0.25) is 0 Å². The van der Waals surface area contributed by atoms with Gasteiger partial charge in [-0.25, -0.2) is 4.68 Å². The largest absolute Gasteiger partial charge is 0.326 e. The fraction of sp³-hybridized carbons (Fsp3) is 0.529. The highest BCUT2D eigenvalue weighted by molar-refractivity contribution is 5.95. The number of aromatic nitrogens is 4. The summed E-state index contributed by atoms with van der Waals surface area (Å²) in [7, 11) is 0. The van der Waals surface area contributed by atoms with Crippen molar-refractivity contribution in [2.24, 2.45) is 5.41 Å². The van der Waals surface area contributed by atoms with Gasteiger partial charge in [-0.15, -0.1) is 17.5 Å². The van der Waals surface area contributed by atoms with Gasteiger partial charge in [0.1, 0.15) is 0 Å². The standard InChI is InChI=1S/C17H22N6O.ClH/c1-17(8-3-9-18-11-17)16(24)19-13-5-2-4-12(10-13)15-20-21-22-23(15)14-6-7-14;/h2,4-5,10,14,18H,3,6-9,11H2,1H3,(H,19,24);1H. The number of nitrogens with one attached hydrogen (secondary N) is 2. The van der Waals surface area contributed by atoms with E-state index in [0.29, 0.717) is 6.04 Å². The lowest BCUT2D eigenvalue weighted by Crippen LogP contribution is -2.46. The van der Waals surface area contributed by atoms with Crippen LogP contribution in [0.4, 0.5) is 5.69 Å². The van der Waals surface area contributed by atoms with Crippen LogP contribution in [0.3, 0.4) is 0 Å². The highest BCUT2D eigenvalue weighted by atomic mass is 35.5. The van der Waals surface area contributed by atoms with Crippen LogP contribution < -0.4 is 10.6 Å². The van der Waals surface area contributed by atoms with Crippen molar-refractivity contribution in [1.82, 2.24) is 25.5 Å². The van der Waals surface area contributed by atoms with Crippen LogP contribution in [0.15, 0.2) is 24.3 Å². The number of amides is 1. The number of rotatable bonds is 4. The summed E-state index contributed by atoms with van der Waals surface area (Å²) >= 11 is 0. The number of hydrogen-bond acceptors (Lipinski definition) is 5. The Morgan fingerprint density at radius 2 is 2.24 bits per heavy atom. The molecule has 1 aliphatic carbocycles. The summed E-state index contributed by atoms with van der Waals surface area (Å²) < 4.78 is 1.88. The molecule has 25 heavy (non-hydrogen) atoms. The molecular weight excluding hydrogens is 340 g/mol. The van der Waals surface area contributed by atoms with E-state index < -0.39 is 0 Å². The molecule has 7 nitrogen and oxygen atoms in total. The monoisotopic (exact) mass is 362 g/mol. The Morgan fingerprint density at radius 1 is 1.40 bits per heavy atom. The summed E-state index contributed by atoms with van der Waals surface area (Å²) in [5, 5.41) is 18.4. The highest BCUT2D eigenvalue weighted by Crippen LogP contribution is 2.37. The van der Waals surface area contributed by atoms with Crippen molar-refractivity contribution in [2.75, 3.05) is 18.4 Å². The van der Waals surface area contributed by atoms with Gasteiger partial charge in [0.2, 0.25) is 5.91 Å². The van der Waals surface area contributed by atoms with Crippen molar-refractivity contribution in [2.45, 2.75) is 38.6 Å². The lowest BCUT2D eigenvalue weighted by molar-refractivity contribution is -0.125. The van der Waals surface area contributed by atoms with Crippen molar-refractivity contribution in [1.29, 1.82) is 0 Å². The van der Waals surface area contributed by atoms with Crippen LogP contribution in [0, 0.1) is 5.41 Å². The van der Waals surface area contributed by atoms with Crippen molar-refractivity contribution >= 4 is 24.0 Å². The van der Waals surface area contributed by atoms with Gasteiger partial charge in [-0.05, 0) is 61.7 Å². The van der Waals surface area contributed by atoms with Gasteiger partial charge < -0.3 is 10.6 Å². The Kier molecular flexibility index (Phi) is 5.06. The van der Waals surface area contributed by atoms with Crippen LogP contribution in [-0.4, -0.2) is 39.2 Å². The normalized spacial score (nSPS) is 22.9. The summed E-state index contributed by atoms with van der Waals surface area (Å²) in [6.45, 7) is 3.73. The highest BCUT2D eigenvalue weighted by Gasteiger charge is 2.34. The van der Waals surface area contributed by atoms with Crippen molar-refractivity contribution in [3.63, 3.8) is 0 Å². The van der Waals surface area contributed by atoms with E-state index in [-0.39, 0.29) is 23.7 Å². The molecule has 0 bridgehead atoms. The summed E-state index contributed by atoms with van der Waals surface area (Å²) in [5.74, 6) is 0.827. The maximum atomic E-state index is 12.7. The summed E-state index contributed by atoms with van der Waals surface area (Å²) in [5.41, 5.74) is 1.36. The molecule has 2 fully saturated rings. The predicted octanol–water partition coefficient (Wildman–Crippen LogP) is 2.43. The minimum atomic E-state index is -0.357. The van der Waals surface area contributed by atoms with Gasteiger partial charge in [-0.3, -0.25) is 4.79 Å². The zero-order chi connectivity index (χ0) is 16.6. The maximum absolute atomic E-state index is 12.7. The van der Waals surface area contributed by atoms with Gasteiger partial charge in [-0.2, -0.15) is 0 Å². The van der Waals surface area contributed by atoms with E-state index in [9.17, 15) is 4.79 Å². The minimum Gasteiger partial charge on any atom is -0.326 e. The van der Waals surface area contributed by atoms with Crippen LogP contribution in [0.1, 0.15) is 38.6 Å². The molecule has 2 N–H and O–H groups in total. The molecule has 8 heteroatoms. The number of carbonyl (C=O) groups excluding carboxylic acids is 1.